The van der Waals surface area contributed by atoms with E-state index in [1.807, 2.05) is 13.8 Å². The van der Waals surface area contributed by atoms with Crippen LogP contribution in [0.25, 0.3) is 11.4 Å². The first-order valence-corrected chi connectivity index (χ1v) is 7.81. The molecule has 0 fully saturated rings. The molecule has 2 aromatic rings. The van der Waals surface area contributed by atoms with E-state index in [0.717, 1.165) is 0 Å². The van der Waals surface area contributed by atoms with Crippen molar-refractivity contribution < 1.29 is 13.2 Å². The molecule has 1 heterocycles. The van der Waals surface area contributed by atoms with Gasteiger partial charge in [-0.15, -0.1) is 0 Å². The summed E-state index contributed by atoms with van der Waals surface area (Å²) < 4.78 is 27.7. The lowest BCUT2D eigenvalue weighted by atomic mass is 10.2. The number of rotatable bonds is 4. The van der Waals surface area contributed by atoms with Gasteiger partial charge in [-0.05, 0) is 26.0 Å². The van der Waals surface area contributed by atoms with Gasteiger partial charge < -0.3 is 4.74 Å². The highest BCUT2D eigenvalue weighted by atomic mass is 35.7. The minimum absolute atomic E-state index is 0.0428. The summed E-state index contributed by atoms with van der Waals surface area (Å²) in [5, 5.41) is 5.72. The number of hydrogen-bond acceptors (Lipinski definition) is 5. The summed E-state index contributed by atoms with van der Waals surface area (Å²) in [4.78, 5) is 3.83. The molecule has 0 radical (unpaired) electrons. The Kier molecular flexibility index (Phi) is 3.77. The molecule has 2 rings (SSSR count). The lowest BCUT2D eigenvalue weighted by Crippen LogP contribution is -2.05. The Labute approximate surface area is 115 Å². The molecule has 102 valence electrons. The third-order valence-electron chi connectivity index (χ3n) is 2.16. The molecule has 1 aromatic carbocycles. The molecule has 0 atom stereocenters. The van der Waals surface area contributed by atoms with Gasteiger partial charge in [-0.3, -0.25) is 0 Å². The zero-order chi connectivity index (χ0) is 14.0. The van der Waals surface area contributed by atoms with Gasteiger partial charge in [-0.1, -0.05) is 12.1 Å². The summed E-state index contributed by atoms with van der Waals surface area (Å²) in [6.45, 7) is 3.83. The molecule has 0 aliphatic carbocycles. The molecule has 0 aliphatic rings. The van der Waals surface area contributed by atoms with Crippen LogP contribution in [0.2, 0.25) is 0 Å². The molecular weight excluding hydrogens is 290 g/mol. The highest BCUT2D eigenvalue weighted by Crippen LogP contribution is 2.22. The van der Waals surface area contributed by atoms with Crippen LogP contribution in [0.5, 0.6) is 5.75 Å². The van der Waals surface area contributed by atoms with E-state index in [0.29, 0.717) is 11.3 Å². The zero-order valence-corrected chi connectivity index (χ0v) is 11.9. The molecule has 0 unspecified atom stereocenters. The van der Waals surface area contributed by atoms with Crippen molar-refractivity contribution in [2.45, 2.75) is 25.1 Å². The first kappa shape index (κ1) is 13.8. The smallest absolute Gasteiger partial charge is 0.296 e. The molecule has 0 saturated carbocycles. The molecule has 6 nitrogen and oxygen atoms in total. The third-order valence-corrected chi connectivity index (χ3v) is 3.24. The quantitative estimate of drug-likeness (QED) is 0.875. The average Bonchev–Trinajstić information content (AvgIpc) is 2.77. The van der Waals surface area contributed by atoms with Crippen molar-refractivity contribution in [2.75, 3.05) is 0 Å². The predicted octanol–water partition coefficient (Wildman–Crippen LogP) is 2.19. The number of aromatic nitrogens is 3. The van der Waals surface area contributed by atoms with Gasteiger partial charge in [0.1, 0.15) is 5.75 Å². The summed E-state index contributed by atoms with van der Waals surface area (Å²) >= 11 is 0. The minimum atomic E-state index is -3.91. The van der Waals surface area contributed by atoms with Crippen LogP contribution in [-0.4, -0.2) is 29.7 Å². The molecule has 8 heteroatoms. The number of H-pyrrole nitrogens is 1. The number of benzene rings is 1. The van der Waals surface area contributed by atoms with Crippen LogP contribution in [0.4, 0.5) is 0 Å². The number of hydrogen-bond donors (Lipinski definition) is 1. The van der Waals surface area contributed by atoms with E-state index >= 15 is 0 Å². The number of aromatic amines is 1. The second-order valence-electron chi connectivity index (χ2n) is 4.10. The fraction of sp³-hybridized carbons (Fsp3) is 0.273. The summed E-state index contributed by atoms with van der Waals surface area (Å²) in [7, 11) is 1.27. The first-order chi connectivity index (χ1) is 8.86. The maximum absolute atomic E-state index is 11.1. The molecule has 0 bridgehead atoms. The largest absolute Gasteiger partial charge is 0.491 e. The van der Waals surface area contributed by atoms with Crippen LogP contribution in [0.1, 0.15) is 13.8 Å². The van der Waals surface area contributed by atoms with Crippen molar-refractivity contribution in [2.24, 2.45) is 0 Å². The number of halogens is 1. The Morgan fingerprint density at radius 1 is 1.37 bits per heavy atom. The van der Waals surface area contributed by atoms with Crippen molar-refractivity contribution in [3.05, 3.63) is 24.3 Å². The lowest BCUT2D eigenvalue weighted by Gasteiger charge is -2.09. The number of nitrogens with zero attached hydrogens (tertiary/aromatic N) is 2. The fourth-order valence-electron chi connectivity index (χ4n) is 1.47. The van der Waals surface area contributed by atoms with Crippen molar-refractivity contribution >= 4 is 19.7 Å². The molecule has 1 N–H and O–H groups in total. The van der Waals surface area contributed by atoms with Gasteiger partial charge in [0.05, 0.1) is 6.10 Å². The summed E-state index contributed by atoms with van der Waals surface area (Å²) in [5.41, 5.74) is 0.640. The number of nitrogens with one attached hydrogen (secondary N) is 1. The monoisotopic (exact) mass is 301 g/mol. The maximum Gasteiger partial charge on any atom is 0.296 e. The third kappa shape index (κ3) is 3.45. The highest BCUT2D eigenvalue weighted by Gasteiger charge is 2.17. The van der Waals surface area contributed by atoms with Gasteiger partial charge in [0, 0.05) is 16.2 Å². The van der Waals surface area contributed by atoms with Gasteiger partial charge in [0.25, 0.3) is 14.2 Å². The van der Waals surface area contributed by atoms with Gasteiger partial charge in [-0.2, -0.15) is 10.1 Å². The summed E-state index contributed by atoms with van der Waals surface area (Å²) in [5.74, 6) is 0.904. The van der Waals surface area contributed by atoms with Crippen LogP contribution in [0.15, 0.2) is 29.4 Å². The molecule has 0 saturated heterocycles. The standard InChI is InChI=1S/C11H12ClN3O3S/c1-7(2)18-9-5-3-4-8(6-9)10-13-11(15-14-10)19(12,16)17/h3-7H,1-2H3,(H,13,14,15). The van der Waals surface area contributed by atoms with Crippen molar-refractivity contribution in [3.63, 3.8) is 0 Å². The first-order valence-electron chi connectivity index (χ1n) is 5.50. The van der Waals surface area contributed by atoms with Gasteiger partial charge >= 0.3 is 0 Å². The van der Waals surface area contributed by atoms with E-state index in [-0.39, 0.29) is 17.1 Å². The highest BCUT2D eigenvalue weighted by molar-refractivity contribution is 8.13. The van der Waals surface area contributed by atoms with E-state index in [1.165, 1.54) is 0 Å². The normalized spacial score (nSPS) is 11.8. The minimum Gasteiger partial charge on any atom is -0.491 e. The molecular formula is C11H12ClN3O3S. The lowest BCUT2D eigenvalue weighted by molar-refractivity contribution is 0.242. The Bertz CT molecular complexity index is 682. The van der Waals surface area contributed by atoms with Crippen molar-refractivity contribution in [1.82, 2.24) is 15.2 Å². The summed E-state index contributed by atoms with van der Waals surface area (Å²) in [6.07, 6.45) is 0.0428. The van der Waals surface area contributed by atoms with Crippen LogP contribution in [0.3, 0.4) is 0 Å². The van der Waals surface area contributed by atoms with Crippen LogP contribution in [0, 0.1) is 0 Å². The maximum atomic E-state index is 11.1. The van der Waals surface area contributed by atoms with Crippen LogP contribution in [-0.2, 0) is 9.05 Å². The van der Waals surface area contributed by atoms with E-state index in [1.54, 1.807) is 24.3 Å². The Morgan fingerprint density at radius 3 is 2.68 bits per heavy atom. The fourth-order valence-corrected chi connectivity index (χ4v) is 2.02. The second kappa shape index (κ2) is 5.18. The second-order valence-corrected chi connectivity index (χ2v) is 6.58. The van der Waals surface area contributed by atoms with E-state index in [9.17, 15) is 8.42 Å². The van der Waals surface area contributed by atoms with Crippen molar-refractivity contribution in [1.29, 1.82) is 0 Å². The Morgan fingerprint density at radius 2 is 2.11 bits per heavy atom. The van der Waals surface area contributed by atoms with E-state index in [2.05, 4.69) is 15.2 Å². The van der Waals surface area contributed by atoms with Crippen LogP contribution >= 0.6 is 10.7 Å². The van der Waals surface area contributed by atoms with Crippen molar-refractivity contribution in [3.8, 4) is 17.1 Å². The Hall–Kier alpha value is -1.60. The molecule has 1 aromatic heterocycles. The molecule has 0 spiro atoms. The van der Waals surface area contributed by atoms with Crippen LogP contribution < -0.4 is 4.74 Å². The van der Waals surface area contributed by atoms with Gasteiger partial charge in [-0.25, -0.2) is 13.5 Å². The number of ether oxygens (including phenoxy) is 1. The SMILES string of the molecule is CC(C)Oc1cccc(-c2n[nH]c(S(=O)(=O)Cl)n2)c1. The van der Waals surface area contributed by atoms with E-state index < -0.39 is 9.05 Å². The molecule has 0 amide bonds. The van der Waals surface area contributed by atoms with Gasteiger partial charge in [0.15, 0.2) is 5.82 Å². The van der Waals surface area contributed by atoms with Gasteiger partial charge in [0.2, 0.25) is 0 Å². The Balaban J connectivity index is 2.34. The molecule has 19 heavy (non-hydrogen) atoms. The predicted molar refractivity (Wildman–Crippen MR) is 70.6 cm³/mol. The van der Waals surface area contributed by atoms with E-state index in [4.69, 9.17) is 15.4 Å². The zero-order valence-electron chi connectivity index (χ0n) is 10.3. The summed E-state index contributed by atoms with van der Waals surface area (Å²) in [6, 6.07) is 7.06. The molecule has 0 aliphatic heterocycles. The average molecular weight is 302 g/mol. The topological polar surface area (TPSA) is 84.9 Å².